The van der Waals surface area contributed by atoms with Crippen LogP contribution in [0, 0.1) is 0 Å². The van der Waals surface area contributed by atoms with Crippen LogP contribution in [0.1, 0.15) is 18.1 Å². The zero-order valence-corrected chi connectivity index (χ0v) is 17.6. The molecule has 4 heterocycles. The van der Waals surface area contributed by atoms with Gasteiger partial charge in [0.25, 0.3) is 5.91 Å². The first-order chi connectivity index (χ1) is 15.2. The van der Waals surface area contributed by atoms with Gasteiger partial charge < -0.3 is 18.9 Å². The molecule has 0 bridgehead atoms. The number of imidazole rings is 1. The standard InChI is InChI=1S/C24H26N4O3/c1-26-15-25-19-14-18(6-7-20(19)26)16-2-4-17(5-3-16)22-24(31-22)28-11-9-27(10-12-28)23(29)21-8-13-30-21/h2-7,14-15,21-22,24H,8-13H2,1H3. The first-order valence-electron chi connectivity index (χ1n) is 11.0. The number of fused-ring (bicyclic) bond motifs is 1. The zero-order valence-electron chi connectivity index (χ0n) is 17.6. The Morgan fingerprint density at radius 3 is 2.48 bits per heavy atom. The number of nitrogens with zero attached hydrogens (tertiary/aromatic N) is 4. The molecule has 3 aliphatic rings. The number of hydrogen-bond acceptors (Lipinski definition) is 5. The lowest BCUT2D eigenvalue weighted by atomic mass is 10.0. The highest BCUT2D eigenvalue weighted by Crippen LogP contribution is 2.41. The first-order valence-corrected chi connectivity index (χ1v) is 11.0. The van der Waals surface area contributed by atoms with Crippen LogP contribution in [0.4, 0.5) is 0 Å². The van der Waals surface area contributed by atoms with Gasteiger partial charge >= 0.3 is 0 Å². The molecule has 1 amide bonds. The molecular weight excluding hydrogens is 392 g/mol. The fourth-order valence-corrected chi connectivity index (χ4v) is 4.64. The molecule has 31 heavy (non-hydrogen) atoms. The number of rotatable bonds is 4. The third-order valence-corrected chi connectivity index (χ3v) is 6.73. The van der Waals surface area contributed by atoms with E-state index in [4.69, 9.17) is 9.47 Å². The predicted octanol–water partition coefficient (Wildman–Crippen LogP) is 2.57. The van der Waals surface area contributed by atoms with Crippen LogP contribution in [0.2, 0.25) is 0 Å². The minimum atomic E-state index is -0.201. The van der Waals surface area contributed by atoms with Crippen molar-refractivity contribution in [2.45, 2.75) is 24.9 Å². The number of aromatic nitrogens is 2. The van der Waals surface area contributed by atoms with E-state index in [9.17, 15) is 4.79 Å². The summed E-state index contributed by atoms with van der Waals surface area (Å²) in [4.78, 5) is 21.1. The summed E-state index contributed by atoms with van der Waals surface area (Å²) in [5.41, 5.74) is 5.70. The van der Waals surface area contributed by atoms with Crippen molar-refractivity contribution in [1.82, 2.24) is 19.4 Å². The summed E-state index contributed by atoms with van der Waals surface area (Å²) >= 11 is 0. The molecule has 3 aliphatic heterocycles. The highest BCUT2D eigenvalue weighted by Gasteiger charge is 2.46. The first kappa shape index (κ1) is 19.0. The van der Waals surface area contributed by atoms with Gasteiger partial charge in [0, 0.05) is 39.6 Å². The molecule has 160 valence electrons. The van der Waals surface area contributed by atoms with Crippen molar-refractivity contribution in [3.8, 4) is 11.1 Å². The fourth-order valence-electron chi connectivity index (χ4n) is 4.64. The molecule has 0 spiro atoms. The number of ether oxygens (including phenoxy) is 2. The Hall–Kier alpha value is -2.74. The molecule has 6 rings (SSSR count). The van der Waals surface area contributed by atoms with Crippen LogP contribution in [0.5, 0.6) is 0 Å². The van der Waals surface area contributed by atoms with E-state index >= 15 is 0 Å². The van der Waals surface area contributed by atoms with E-state index in [-0.39, 0.29) is 24.3 Å². The smallest absolute Gasteiger partial charge is 0.251 e. The second-order valence-electron chi connectivity index (χ2n) is 8.64. The van der Waals surface area contributed by atoms with E-state index in [0.29, 0.717) is 6.61 Å². The maximum Gasteiger partial charge on any atom is 0.251 e. The number of hydrogen-bond donors (Lipinski definition) is 0. The van der Waals surface area contributed by atoms with Crippen LogP contribution in [0.15, 0.2) is 48.8 Å². The topological polar surface area (TPSA) is 63.1 Å². The minimum absolute atomic E-state index is 0.115. The molecule has 7 nitrogen and oxygen atoms in total. The summed E-state index contributed by atoms with van der Waals surface area (Å²) in [6.45, 7) is 3.91. The van der Waals surface area contributed by atoms with E-state index in [0.717, 1.165) is 43.6 Å². The van der Waals surface area contributed by atoms with Crippen LogP contribution in [0.25, 0.3) is 22.2 Å². The second kappa shape index (κ2) is 7.44. The highest BCUT2D eigenvalue weighted by atomic mass is 16.6. The Balaban J connectivity index is 1.08. The molecule has 0 saturated carbocycles. The third kappa shape index (κ3) is 3.43. The summed E-state index contributed by atoms with van der Waals surface area (Å²) < 4.78 is 13.4. The lowest BCUT2D eigenvalue weighted by Crippen LogP contribution is -2.54. The number of epoxide rings is 1. The van der Waals surface area contributed by atoms with Crippen molar-refractivity contribution < 1.29 is 14.3 Å². The number of amides is 1. The quantitative estimate of drug-likeness (QED) is 0.610. The van der Waals surface area contributed by atoms with Gasteiger partial charge in [0.15, 0.2) is 0 Å². The summed E-state index contributed by atoms with van der Waals surface area (Å²) in [6.07, 6.45) is 2.74. The van der Waals surface area contributed by atoms with Crippen molar-refractivity contribution in [2.75, 3.05) is 32.8 Å². The Bertz CT molecular complexity index is 1110. The average molecular weight is 418 g/mol. The monoisotopic (exact) mass is 418 g/mol. The molecule has 7 heteroatoms. The number of carbonyl (C=O) groups excluding carboxylic acids is 1. The van der Waals surface area contributed by atoms with Gasteiger partial charge in [-0.2, -0.15) is 0 Å². The average Bonchev–Trinajstić information content (AvgIpc) is 3.49. The fraction of sp³-hybridized carbons (Fsp3) is 0.417. The maximum atomic E-state index is 12.3. The predicted molar refractivity (Wildman–Crippen MR) is 116 cm³/mol. The van der Waals surface area contributed by atoms with Gasteiger partial charge in [-0.05, 0) is 28.8 Å². The maximum absolute atomic E-state index is 12.3. The molecule has 3 atom stereocenters. The lowest BCUT2D eigenvalue weighted by molar-refractivity contribution is -0.158. The summed E-state index contributed by atoms with van der Waals surface area (Å²) in [6, 6.07) is 15.0. The summed E-state index contributed by atoms with van der Waals surface area (Å²) in [7, 11) is 2.01. The molecule has 0 radical (unpaired) electrons. The Kier molecular flexibility index (Phi) is 4.56. The van der Waals surface area contributed by atoms with Gasteiger partial charge in [-0.3, -0.25) is 9.69 Å². The van der Waals surface area contributed by atoms with Crippen LogP contribution in [-0.2, 0) is 21.3 Å². The second-order valence-corrected chi connectivity index (χ2v) is 8.64. The molecule has 3 fully saturated rings. The molecule has 3 unspecified atom stereocenters. The number of aryl methyl sites for hydroxylation is 1. The SMILES string of the molecule is Cn1cnc2cc(-c3ccc(C4OC4N4CCN(C(=O)C5CCO5)CC4)cc3)ccc21. The molecule has 1 aromatic heterocycles. The lowest BCUT2D eigenvalue weighted by Gasteiger charge is -2.37. The van der Waals surface area contributed by atoms with Crippen molar-refractivity contribution >= 4 is 16.9 Å². The van der Waals surface area contributed by atoms with Gasteiger partial charge in [-0.25, -0.2) is 4.98 Å². The summed E-state index contributed by atoms with van der Waals surface area (Å²) in [5.74, 6) is 0.152. The van der Waals surface area contributed by atoms with Gasteiger partial charge in [0.05, 0.1) is 24.0 Å². The molecule has 3 aromatic rings. The number of benzene rings is 2. The Labute approximate surface area is 181 Å². The van der Waals surface area contributed by atoms with Gasteiger partial charge in [-0.1, -0.05) is 30.3 Å². The van der Waals surface area contributed by atoms with Crippen molar-refractivity contribution in [3.05, 3.63) is 54.4 Å². The van der Waals surface area contributed by atoms with E-state index in [1.807, 2.05) is 22.8 Å². The van der Waals surface area contributed by atoms with E-state index < -0.39 is 0 Å². The van der Waals surface area contributed by atoms with Crippen LogP contribution in [-0.4, -0.2) is 70.4 Å². The van der Waals surface area contributed by atoms with Gasteiger partial charge in [0.2, 0.25) is 0 Å². The molecule has 0 aliphatic carbocycles. The Morgan fingerprint density at radius 2 is 1.77 bits per heavy atom. The molecule has 0 N–H and O–H groups in total. The van der Waals surface area contributed by atoms with Crippen LogP contribution >= 0.6 is 0 Å². The largest absolute Gasteiger partial charge is 0.368 e. The van der Waals surface area contributed by atoms with Crippen molar-refractivity contribution in [3.63, 3.8) is 0 Å². The minimum Gasteiger partial charge on any atom is -0.368 e. The Morgan fingerprint density at radius 1 is 1.03 bits per heavy atom. The van der Waals surface area contributed by atoms with E-state index in [2.05, 4.69) is 52.3 Å². The normalized spacial score (nSPS) is 26.1. The van der Waals surface area contributed by atoms with Crippen LogP contribution in [0.3, 0.4) is 0 Å². The van der Waals surface area contributed by atoms with Crippen molar-refractivity contribution in [2.24, 2.45) is 7.05 Å². The third-order valence-electron chi connectivity index (χ3n) is 6.73. The van der Waals surface area contributed by atoms with Crippen molar-refractivity contribution in [1.29, 1.82) is 0 Å². The van der Waals surface area contributed by atoms with E-state index in [1.165, 1.54) is 16.7 Å². The molecule has 3 saturated heterocycles. The number of piperazine rings is 1. The summed E-state index contributed by atoms with van der Waals surface area (Å²) in [5, 5.41) is 0. The highest BCUT2D eigenvalue weighted by molar-refractivity contribution is 5.82. The molecule has 2 aromatic carbocycles. The van der Waals surface area contributed by atoms with E-state index in [1.54, 1.807) is 0 Å². The van der Waals surface area contributed by atoms with Crippen LogP contribution < -0.4 is 0 Å². The zero-order chi connectivity index (χ0) is 20.9. The van der Waals surface area contributed by atoms with Gasteiger partial charge in [-0.15, -0.1) is 0 Å². The number of carbonyl (C=O) groups is 1. The molecular formula is C24H26N4O3. The van der Waals surface area contributed by atoms with Gasteiger partial charge in [0.1, 0.15) is 18.4 Å².